The van der Waals surface area contributed by atoms with Crippen molar-refractivity contribution in [2.24, 2.45) is 5.92 Å². The second kappa shape index (κ2) is 11.7. The first-order valence-corrected chi connectivity index (χ1v) is 11.3. The SMILES string of the molecule is Bc1ccc(CCCC(CCCCC)/C(C)=C/c2cc(F)ccc2I)cc1. The Labute approximate surface area is 179 Å². The van der Waals surface area contributed by atoms with E-state index >= 15 is 0 Å². The molecule has 0 fully saturated rings. The molecule has 0 aliphatic heterocycles. The van der Waals surface area contributed by atoms with E-state index in [2.05, 4.69) is 74.6 Å². The fourth-order valence-electron chi connectivity index (χ4n) is 3.54. The number of aryl methyl sites for hydroxylation is 1. The van der Waals surface area contributed by atoms with Crippen molar-refractivity contribution < 1.29 is 4.39 Å². The molecule has 0 bridgehead atoms. The highest BCUT2D eigenvalue weighted by Crippen LogP contribution is 2.27. The second-order valence-corrected chi connectivity index (χ2v) is 8.79. The summed E-state index contributed by atoms with van der Waals surface area (Å²) in [6.45, 7) is 4.48. The lowest BCUT2D eigenvalue weighted by molar-refractivity contribution is 0.473. The van der Waals surface area contributed by atoms with Crippen LogP contribution in [0, 0.1) is 15.3 Å². The predicted molar refractivity (Wildman–Crippen MR) is 128 cm³/mol. The van der Waals surface area contributed by atoms with E-state index in [9.17, 15) is 4.39 Å². The molecule has 0 aliphatic rings. The van der Waals surface area contributed by atoms with E-state index in [0.717, 1.165) is 15.6 Å². The van der Waals surface area contributed by atoms with E-state index in [1.54, 1.807) is 6.07 Å². The highest BCUT2D eigenvalue weighted by atomic mass is 127. The third-order valence-electron chi connectivity index (χ3n) is 5.28. The van der Waals surface area contributed by atoms with Gasteiger partial charge in [0.1, 0.15) is 13.7 Å². The maximum Gasteiger partial charge on any atom is 0.139 e. The molecule has 27 heavy (non-hydrogen) atoms. The third kappa shape index (κ3) is 7.81. The first kappa shape index (κ1) is 22.2. The van der Waals surface area contributed by atoms with Gasteiger partial charge >= 0.3 is 0 Å². The van der Waals surface area contributed by atoms with Crippen LogP contribution in [-0.4, -0.2) is 7.85 Å². The van der Waals surface area contributed by atoms with Gasteiger partial charge in [-0.05, 0) is 90.4 Å². The van der Waals surface area contributed by atoms with Gasteiger partial charge in [-0.25, -0.2) is 4.39 Å². The molecule has 0 saturated heterocycles. The van der Waals surface area contributed by atoms with Crippen LogP contribution in [0.4, 0.5) is 4.39 Å². The van der Waals surface area contributed by atoms with Crippen LogP contribution in [0.2, 0.25) is 0 Å². The maximum absolute atomic E-state index is 13.6. The molecule has 3 heteroatoms. The number of allylic oxidation sites excluding steroid dienone is 1. The van der Waals surface area contributed by atoms with Crippen molar-refractivity contribution in [1.82, 2.24) is 0 Å². The molecule has 2 aromatic carbocycles. The molecule has 0 amide bonds. The molecule has 1 unspecified atom stereocenters. The van der Waals surface area contributed by atoms with E-state index in [1.807, 2.05) is 6.07 Å². The topological polar surface area (TPSA) is 0 Å². The molecule has 0 N–H and O–H groups in total. The van der Waals surface area contributed by atoms with E-state index < -0.39 is 0 Å². The molecule has 0 spiro atoms. The molecular weight excluding hydrogens is 445 g/mol. The summed E-state index contributed by atoms with van der Waals surface area (Å²) in [7, 11) is 2.13. The number of halogens is 2. The van der Waals surface area contributed by atoms with Crippen LogP contribution >= 0.6 is 22.6 Å². The molecule has 0 heterocycles. The van der Waals surface area contributed by atoms with E-state index in [1.165, 1.54) is 61.2 Å². The highest BCUT2D eigenvalue weighted by Gasteiger charge is 2.12. The average Bonchev–Trinajstić information content (AvgIpc) is 2.65. The van der Waals surface area contributed by atoms with Gasteiger partial charge < -0.3 is 0 Å². The maximum atomic E-state index is 13.6. The van der Waals surface area contributed by atoms with Crippen LogP contribution in [0.3, 0.4) is 0 Å². The van der Waals surface area contributed by atoms with Gasteiger partial charge in [-0.3, -0.25) is 0 Å². The molecule has 0 saturated carbocycles. The van der Waals surface area contributed by atoms with Crippen LogP contribution in [0.15, 0.2) is 48.0 Å². The summed E-state index contributed by atoms with van der Waals surface area (Å²) in [5.41, 5.74) is 5.14. The van der Waals surface area contributed by atoms with E-state index in [-0.39, 0.29) is 5.82 Å². The van der Waals surface area contributed by atoms with Crippen molar-refractivity contribution in [3.63, 3.8) is 0 Å². The first-order valence-electron chi connectivity index (χ1n) is 10.2. The lowest BCUT2D eigenvalue weighted by atomic mass is 9.87. The van der Waals surface area contributed by atoms with Crippen LogP contribution < -0.4 is 5.46 Å². The number of hydrogen-bond acceptors (Lipinski definition) is 0. The Kier molecular flexibility index (Phi) is 9.60. The van der Waals surface area contributed by atoms with Crippen molar-refractivity contribution in [3.8, 4) is 0 Å². The lowest BCUT2D eigenvalue weighted by Crippen LogP contribution is -2.05. The fourth-order valence-corrected chi connectivity index (χ4v) is 4.03. The quantitative estimate of drug-likeness (QED) is 0.214. The molecule has 0 aromatic heterocycles. The molecular formula is C24H31BFI. The largest absolute Gasteiger partial charge is 0.207 e. The monoisotopic (exact) mass is 476 g/mol. The van der Waals surface area contributed by atoms with Crippen molar-refractivity contribution >= 4 is 42.0 Å². The van der Waals surface area contributed by atoms with Gasteiger partial charge in [-0.15, -0.1) is 0 Å². The highest BCUT2D eigenvalue weighted by molar-refractivity contribution is 14.1. The summed E-state index contributed by atoms with van der Waals surface area (Å²) in [5.74, 6) is 0.428. The minimum atomic E-state index is -0.156. The van der Waals surface area contributed by atoms with Gasteiger partial charge in [0.25, 0.3) is 0 Å². The Morgan fingerprint density at radius 1 is 1.07 bits per heavy atom. The fraction of sp³-hybridized carbons (Fsp3) is 0.417. The Morgan fingerprint density at radius 2 is 1.78 bits per heavy atom. The Balaban J connectivity index is 2.04. The normalized spacial score (nSPS) is 13.0. The zero-order chi connectivity index (χ0) is 19.6. The Hall–Kier alpha value is -1.10. The smallest absolute Gasteiger partial charge is 0.139 e. The summed E-state index contributed by atoms with van der Waals surface area (Å²) in [4.78, 5) is 0. The van der Waals surface area contributed by atoms with Crippen molar-refractivity contribution in [3.05, 3.63) is 68.6 Å². The summed E-state index contributed by atoms with van der Waals surface area (Å²) in [6, 6.07) is 13.9. The summed E-state index contributed by atoms with van der Waals surface area (Å²) in [5, 5.41) is 0. The number of benzene rings is 2. The predicted octanol–water partition coefficient (Wildman–Crippen LogP) is 6.31. The molecule has 144 valence electrons. The minimum Gasteiger partial charge on any atom is -0.207 e. The molecule has 2 aromatic rings. The first-order chi connectivity index (χ1) is 13.0. The van der Waals surface area contributed by atoms with Gasteiger partial charge in [0, 0.05) is 3.57 Å². The second-order valence-electron chi connectivity index (χ2n) is 7.62. The Bertz CT molecular complexity index is 737. The molecule has 0 nitrogen and oxygen atoms in total. The van der Waals surface area contributed by atoms with E-state index in [4.69, 9.17) is 0 Å². The van der Waals surface area contributed by atoms with Crippen molar-refractivity contribution in [2.45, 2.75) is 58.8 Å². The van der Waals surface area contributed by atoms with Gasteiger partial charge in [-0.1, -0.05) is 67.6 Å². The van der Waals surface area contributed by atoms with Crippen LogP contribution in [0.25, 0.3) is 6.08 Å². The molecule has 0 aliphatic carbocycles. The molecule has 1 atom stereocenters. The van der Waals surface area contributed by atoms with Crippen LogP contribution in [0.1, 0.15) is 63.5 Å². The number of unbranched alkanes of at least 4 members (excludes halogenated alkanes) is 2. The molecule has 0 radical (unpaired) electrons. The van der Waals surface area contributed by atoms with Crippen molar-refractivity contribution in [1.29, 1.82) is 0 Å². The average molecular weight is 476 g/mol. The van der Waals surface area contributed by atoms with Gasteiger partial charge in [0.15, 0.2) is 0 Å². The summed E-state index contributed by atoms with van der Waals surface area (Å²) < 4.78 is 14.7. The van der Waals surface area contributed by atoms with Crippen LogP contribution in [-0.2, 0) is 6.42 Å². The van der Waals surface area contributed by atoms with Gasteiger partial charge in [-0.2, -0.15) is 0 Å². The number of rotatable bonds is 10. The lowest BCUT2D eigenvalue weighted by Gasteiger charge is -2.18. The zero-order valence-electron chi connectivity index (χ0n) is 16.9. The molecule has 2 rings (SSSR count). The van der Waals surface area contributed by atoms with Gasteiger partial charge in [0.05, 0.1) is 0 Å². The zero-order valence-corrected chi connectivity index (χ0v) is 19.1. The van der Waals surface area contributed by atoms with Gasteiger partial charge in [0.2, 0.25) is 0 Å². The Morgan fingerprint density at radius 3 is 2.48 bits per heavy atom. The summed E-state index contributed by atoms with van der Waals surface area (Å²) in [6.07, 6.45) is 10.8. The van der Waals surface area contributed by atoms with Crippen LogP contribution in [0.5, 0.6) is 0 Å². The minimum absolute atomic E-state index is 0.156. The standard InChI is InChI=1S/C24H31BFI/c1-3-4-5-8-20(9-6-7-19-10-12-22(25)13-11-19)18(2)16-21-17-23(26)14-15-24(21)27/h10-17,20H,3-9,25H2,1-2H3/b18-16+. The van der Waals surface area contributed by atoms with E-state index in [0.29, 0.717) is 5.92 Å². The van der Waals surface area contributed by atoms with Crippen molar-refractivity contribution in [2.75, 3.05) is 0 Å². The number of hydrogen-bond donors (Lipinski definition) is 0. The summed E-state index contributed by atoms with van der Waals surface area (Å²) >= 11 is 2.30. The third-order valence-corrected chi connectivity index (χ3v) is 6.26.